The highest BCUT2D eigenvalue weighted by molar-refractivity contribution is 5.93. The van der Waals surface area contributed by atoms with Gasteiger partial charge in [-0.3, -0.25) is 14.7 Å². The molecule has 1 aromatic rings. The Bertz CT molecular complexity index is 517. The summed E-state index contributed by atoms with van der Waals surface area (Å²) in [7, 11) is 0. The number of amides is 1. The molecule has 1 saturated heterocycles. The summed E-state index contributed by atoms with van der Waals surface area (Å²) < 4.78 is 31.8. The van der Waals surface area contributed by atoms with Crippen molar-refractivity contribution in [1.82, 2.24) is 15.2 Å². The second-order valence-electron chi connectivity index (χ2n) is 5.78. The molecule has 5 nitrogen and oxygen atoms in total. The number of nitrogens with one attached hydrogen (secondary N) is 1. The van der Waals surface area contributed by atoms with Gasteiger partial charge < -0.3 is 10.1 Å². The molecule has 2 heterocycles. The van der Waals surface area contributed by atoms with Crippen LogP contribution in [0.5, 0.6) is 0 Å². The van der Waals surface area contributed by atoms with Gasteiger partial charge in [-0.25, -0.2) is 0 Å². The van der Waals surface area contributed by atoms with Gasteiger partial charge in [0.05, 0.1) is 18.3 Å². The zero-order chi connectivity index (χ0) is 16.9. The number of aromatic nitrogens is 1. The molecule has 1 aliphatic heterocycles. The van der Waals surface area contributed by atoms with Gasteiger partial charge in [0.25, 0.3) is 11.8 Å². The molecule has 7 heteroatoms. The SMILES string of the molecule is CCC1CN(CCNC(=O)c2ccc(C(C)(F)F)nc2)CCO1. The Hall–Kier alpha value is -1.60. The number of hydrogen-bond acceptors (Lipinski definition) is 4. The van der Waals surface area contributed by atoms with Crippen molar-refractivity contribution >= 4 is 5.91 Å². The van der Waals surface area contributed by atoms with E-state index in [1.165, 1.54) is 18.3 Å². The van der Waals surface area contributed by atoms with Gasteiger partial charge in [0.1, 0.15) is 5.69 Å². The average Bonchev–Trinajstić information content (AvgIpc) is 2.54. The molecule has 1 atom stereocenters. The van der Waals surface area contributed by atoms with Crippen LogP contribution in [0.2, 0.25) is 0 Å². The summed E-state index contributed by atoms with van der Waals surface area (Å²) in [5.74, 6) is -3.30. The van der Waals surface area contributed by atoms with E-state index in [1.807, 2.05) is 0 Å². The number of pyridine rings is 1. The molecule has 1 aliphatic rings. The number of rotatable bonds is 6. The zero-order valence-electron chi connectivity index (χ0n) is 13.5. The first kappa shape index (κ1) is 17.7. The average molecular weight is 327 g/mol. The van der Waals surface area contributed by atoms with Crippen molar-refractivity contribution in [3.63, 3.8) is 0 Å². The van der Waals surface area contributed by atoms with E-state index < -0.39 is 5.92 Å². The van der Waals surface area contributed by atoms with Crippen LogP contribution in [0.15, 0.2) is 18.3 Å². The highest BCUT2D eigenvalue weighted by atomic mass is 19.3. The summed E-state index contributed by atoms with van der Waals surface area (Å²) >= 11 is 0. The molecule has 0 bridgehead atoms. The molecule has 1 amide bonds. The Morgan fingerprint density at radius 3 is 2.91 bits per heavy atom. The maximum atomic E-state index is 13.1. The van der Waals surface area contributed by atoms with Crippen LogP contribution in [-0.2, 0) is 10.7 Å². The van der Waals surface area contributed by atoms with Crippen molar-refractivity contribution in [2.45, 2.75) is 32.3 Å². The minimum absolute atomic E-state index is 0.256. The topological polar surface area (TPSA) is 54.5 Å². The first-order valence-electron chi connectivity index (χ1n) is 7.86. The third-order valence-corrected chi connectivity index (χ3v) is 3.87. The zero-order valence-corrected chi connectivity index (χ0v) is 13.5. The summed E-state index contributed by atoms with van der Waals surface area (Å²) in [5.41, 5.74) is -0.0561. The van der Waals surface area contributed by atoms with E-state index in [2.05, 4.69) is 22.1 Å². The number of ether oxygens (including phenoxy) is 1. The lowest BCUT2D eigenvalue weighted by atomic mass is 10.2. The number of alkyl halides is 2. The molecule has 1 aromatic heterocycles. The smallest absolute Gasteiger partial charge is 0.286 e. The second kappa shape index (κ2) is 7.79. The third kappa shape index (κ3) is 5.21. The first-order chi connectivity index (χ1) is 10.9. The normalized spacial score (nSPS) is 19.6. The van der Waals surface area contributed by atoms with Crippen molar-refractivity contribution in [2.75, 3.05) is 32.8 Å². The molecule has 2 rings (SSSR count). The highest BCUT2D eigenvalue weighted by Crippen LogP contribution is 2.24. The van der Waals surface area contributed by atoms with Gasteiger partial charge in [0.15, 0.2) is 0 Å². The molecule has 1 unspecified atom stereocenters. The van der Waals surface area contributed by atoms with Crippen LogP contribution in [-0.4, -0.2) is 54.7 Å². The van der Waals surface area contributed by atoms with Crippen molar-refractivity contribution in [1.29, 1.82) is 0 Å². The molecule has 23 heavy (non-hydrogen) atoms. The fraction of sp³-hybridized carbons (Fsp3) is 0.625. The Morgan fingerprint density at radius 2 is 2.30 bits per heavy atom. The summed E-state index contributed by atoms with van der Waals surface area (Å²) in [4.78, 5) is 17.9. The van der Waals surface area contributed by atoms with E-state index in [4.69, 9.17) is 4.74 Å². The van der Waals surface area contributed by atoms with Gasteiger partial charge in [0, 0.05) is 39.3 Å². The van der Waals surface area contributed by atoms with Gasteiger partial charge in [-0.2, -0.15) is 8.78 Å². The van der Waals surface area contributed by atoms with Crippen molar-refractivity contribution in [2.24, 2.45) is 0 Å². The molecule has 128 valence electrons. The Kier molecular flexibility index (Phi) is 6.01. The minimum Gasteiger partial charge on any atom is -0.376 e. The van der Waals surface area contributed by atoms with E-state index in [1.54, 1.807) is 0 Å². The molecule has 0 aliphatic carbocycles. The number of morpholine rings is 1. The van der Waals surface area contributed by atoms with Crippen molar-refractivity contribution in [3.8, 4) is 0 Å². The lowest BCUT2D eigenvalue weighted by molar-refractivity contribution is -0.0289. The number of carbonyl (C=O) groups is 1. The standard InChI is InChI=1S/C16H23F2N3O2/c1-3-13-11-21(8-9-23-13)7-6-19-15(22)12-4-5-14(20-10-12)16(2,17)18/h4-5,10,13H,3,6-9,11H2,1-2H3,(H,19,22). The number of carbonyl (C=O) groups excluding carboxylic acids is 1. The van der Waals surface area contributed by atoms with E-state index in [-0.39, 0.29) is 23.3 Å². The predicted molar refractivity (Wildman–Crippen MR) is 82.6 cm³/mol. The Morgan fingerprint density at radius 1 is 1.52 bits per heavy atom. The van der Waals surface area contributed by atoms with Crippen molar-refractivity contribution < 1.29 is 18.3 Å². The molecular weight excluding hydrogens is 304 g/mol. The molecular formula is C16H23F2N3O2. The summed E-state index contributed by atoms with van der Waals surface area (Å²) in [6, 6.07) is 2.56. The third-order valence-electron chi connectivity index (χ3n) is 3.87. The predicted octanol–water partition coefficient (Wildman–Crippen LogP) is 2.03. The lowest BCUT2D eigenvalue weighted by Gasteiger charge is -2.32. The van der Waals surface area contributed by atoms with Gasteiger partial charge in [-0.1, -0.05) is 6.92 Å². The largest absolute Gasteiger partial charge is 0.376 e. The second-order valence-corrected chi connectivity index (χ2v) is 5.78. The monoisotopic (exact) mass is 327 g/mol. The molecule has 0 spiro atoms. The Labute approximate surface area is 135 Å². The quantitative estimate of drug-likeness (QED) is 0.869. The highest BCUT2D eigenvalue weighted by Gasteiger charge is 2.26. The van der Waals surface area contributed by atoms with Gasteiger partial charge in [0.2, 0.25) is 0 Å². The van der Waals surface area contributed by atoms with Gasteiger partial charge >= 0.3 is 0 Å². The van der Waals surface area contributed by atoms with Gasteiger partial charge in [-0.15, -0.1) is 0 Å². The summed E-state index contributed by atoms with van der Waals surface area (Å²) in [5, 5.41) is 2.79. The van der Waals surface area contributed by atoms with Crippen LogP contribution in [0, 0.1) is 0 Å². The van der Waals surface area contributed by atoms with Crippen LogP contribution in [0.4, 0.5) is 8.78 Å². The van der Waals surface area contributed by atoms with Gasteiger partial charge in [-0.05, 0) is 18.6 Å². The Balaban J connectivity index is 1.78. The van der Waals surface area contributed by atoms with E-state index in [0.29, 0.717) is 13.2 Å². The number of nitrogens with zero attached hydrogens (tertiary/aromatic N) is 2. The molecule has 0 radical (unpaired) electrons. The van der Waals surface area contributed by atoms with Crippen LogP contribution >= 0.6 is 0 Å². The van der Waals surface area contributed by atoms with Crippen LogP contribution in [0.3, 0.4) is 0 Å². The maximum absolute atomic E-state index is 13.1. The summed E-state index contributed by atoms with van der Waals surface area (Å²) in [6.45, 7) is 6.55. The number of halogens is 2. The minimum atomic E-state index is -3.00. The molecule has 1 fully saturated rings. The van der Waals surface area contributed by atoms with Crippen LogP contribution in [0.25, 0.3) is 0 Å². The first-order valence-corrected chi connectivity index (χ1v) is 7.86. The lowest BCUT2D eigenvalue weighted by Crippen LogP contribution is -2.45. The van der Waals surface area contributed by atoms with E-state index in [9.17, 15) is 13.6 Å². The maximum Gasteiger partial charge on any atom is 0.286 e. The molecule has 0 saturated carbocycles. The van der Waals surface area contributed by atoms with E-state index >= 15 is 0 Å². The summed E-state index contributed by atoms with van der Waals surface area (Å²) in [6.07, 6.45) is 2.42. The number of hydrogen-bond donors (Lipinski definition) is 1. The van der Waals surface area contributed by atoms with Crippen molar-refractivity contribution in [3.05, 3.63) is 29.6 Å². The van der Waals surface area contributed by atoms with E-state index in [0.717, 1.165) is 33.0 Å². The van der Waals surface area contributed by atoms with Crippen LogP contribution in [0.1, 0.15) is 36.3 Å². The molecule has 0 aromatic carbocycles. The fourth-order valence-corrected chi connectivity index (χ4v) is 2.45. The van der Waals surface area contributed by atoms with Crippen LogP contribution < -0.4 is 5.32 Å². The fourth-order valence-electron chi connectivity index (χ4n) is 2.45. The molecule has 1 N–H and O–H groups in total.